The lowest BCUT2D eigenvalue weighted by Gasteiger charge is -2.50. The predicted molar refractivity (Wildman–Crippen MR) is 39.2 cm³/mol. The first-order chi connectivity index (χ1) is 4.27. The Morgan fingerprint density at radius 2 is 1.44 bits per heavy atom. The molecule has 0 aromatic heterocycles. The Balaban J connectivity index is 2.01. The van der Waals surface area contributed by atoms with Crippen LogP contribution in [0.4, 0.5) is 0 Å². The first-order valence-electron chi connectivity index (χ1n) is 4.27. The van der Waals surface area contributed by atoms with Crippen LogP contribution in [0.5, 0.6) is 0 Å². The van der Waals surface area contributed by atoms with Gasteiger partial charge < -0.3 is 0 Å². The van der Waals surface area contributed by atoms with Gasteiger partial charge in [-0.3, -0.25) is 0 Å². The van der Waals surface area contributed by atoms with E-state index in [1.54, 1.807) is 6.42 Å². The van der Waals surface area contributed by atoms with Crippen LogP contribution in [0.25, 0.3) is 0 Å². The second-order valence-corrected chi connectivity index (χ2v) is 4.19. The quantitative estimate of drug-likeness (QED) is 0.465. The summed E-state index contributed by atoms with van der Waals surface area (Å²) in [5, 5.41) is 0. The molecule has 3 fully saturated rings. The van der Waals surface area contributed by atoms with Gasteiger partial charge >= 0.3 is 0 Å². The third-order valence-electron chi connectivity index (χ3n) is 3.50. The SMILES string of the molecule is CC1CC2CC(C1)C2C. The van der Waals surface area contributed by atoms with Crippen molar-refractivity contribution in [2.75, 3.05) is 0 Å². The molecule has 0 heteroatoms. The second kappa shape index (κ2) is 1.74. The van der Waals surface area contributed by atoms with Gasteiger partial charge in [-0.2, -0.15) is 0 Å². The van der Waals surface area contributed by atoms with Crippen LogP contribution in [0.15, 0.2) is 0 Å². The van der Waals surface area contributed by atoms with E-state index in [9.17, 15) is 0 Å². The molecule has 0 saturated heterocycles. The normalized spacial score (nSPS) is 56.7. The maximum atomic E-state index is 2.44. The number of rotatable bonds is 0. The van der Waals surface area contributed by atoms with E-state index in [4.69, 9.17) is 0 Å². The summed E-state index contributed by atoms with van der Waals surface area (Å²) in [6.45, 7) is 4.84. The van der Waals surface area contributed by atoms with Crippen molar-refractivity contribution in [1.29, 1.82) is 0 Å². The number of fused-ring (bicyclic) bond motifs is 2. The summed E-state index contributed by atoms with van der Waals surface area (Å²) >= 11 is 0. The standard InChI is InChI=1S/C9H16/c1-6-3-8-5-9(4-6)7(8)2/h6-9H,3-5H2,1-2H3. The fraction of sp³-hybridized carbons (Fsp3) is 1.00. The molecule has 3 saturated carbocycles. The zero-order valence-corrected chi connectivity index (χ0v) is 6.43. The molecule has 2 unspecified atom stereocenters. The molecule has 2 bridgehead atoms. The molecule has 0 aromatic rings. The van der Waals surface area contributed by atoms with Crippen LogP contribution in [0.3, 0.4) is 0 Å². The van der Waals surface area contributed by atoms with Crippen molar-refractivity contribution in [1.82, 2.24) is 0 Å². The first-order valence-corrected chi connectivity index (χ1v) is 4.27. The minimum Gasteiger partial charge on any atom is -0.0625 e. The molecule has 0 N–H and O–H groups in total. The third kappa shape index (κ3) is 0.720. The van der Waals surface area contributed by atoms with Crippen molar-refractivity contribution in [2.45, 2.75) is 33.1 Å². The van der Waals surface area contributed by atoms with Crippen LogP contribution in [0.1, 0.15) is 33.1 Å². The predicted octanol–water partition coefficient (Wildman–Crippen LogP) is 2.69. The molecule has 52 valence electrons. The summed E-state index contributed by atoms with van der Waals surface area (Å²) in [5.41, 5.74) is 0. The fourth-order valence-corrected chi connectivity index (χ4v) is 2.76. The van der Waals surface area contributed by atoms with Crippen molar-refractivity contribution < 1.29 is 0 Å². The van der Waals surface area contributed by atoms with Gasteiger partial charge in [0.05, 0.1) is 0 Å². The van der Waals surface area contributed by atoms with Gasteiger partial charge in [0.1, 0.15) is 0 Å². The van der Waals surface area contributed by atoms with Crippen LogP contribution >= 0.6 is 0 Å². The van der Waals surface area contributed by atoms with Gasteiger partial charge in [0.2, 0.25) is 0 Å². The summed E-state index contributed by atoms with van der Waals surface area (Å²) in [5.74, 6) is 4.38. The van der Waals surface area contributed by atoms with E-state index >= 15 is 0 Å². The van der Waals surface area contributed by atoms with Gasteiger partial charge in [0.25, 0.3) is 0 Å². The summed E-state index contributed by atoms with van der Waals surface area (Å²) in [6.07, 6.45) is 4.61. The zero-order chi connectivity index (χ0) is 6.43. The molecule has 0 spiro atoms. The topological polar surface area (TPSA) is 0 Å². The summed E-state index contributed by atoms with van der Waals surface area (Å²) in [6, 6.07) is 0. The van der Waals surface area contributed by atoms with Gasteiger partial charge in [-0.25, -0.2) is 0 Å². The molecule has 0 amide bonds. The molecule has 0 nitrogen and oxygen atoms in total. The lowest BCUT2D eigenvalue weighted by atomic mass is 9.55. The van der Waals surface area contributed by atoms with Crippen molar-refractivity contribution in [2.24, 2.45) is 23.7 Å². The monoisotopic (exact) mass is 124 g/mol. The van der Waals surface area contributed by atoms with Crippen LogP contribution in [-0.4, -0.2) is 0 Å². The first kappa shape index (κ1) is 5.76. The summed E-state index contributed by atoms with van der Waals surface area (Å²) < 4.78 is 0. The smallest absolute Gasteiger partial charge is 0.0381 e. The molecule has 9 heavy (non-hydrogen) atoms. The minimum absolute atomic E-state index is 1.05. The minimum atomic E-state index is 1.05. The average molecular weight is 124 g/mol. The molecular formula is C9H16. The molecule has 3 rings (SSSR count). The van der Waals surface area contributed by atoms with E-state index < -0.39 is 0 Å². The number of hydrogen-bond donors (Lipinski definition) is 0. The van der Waals surface area contributed by atoms with E-state index in [1.165, 1.54) is 12.8 Å². The van der Waals surface area contributed by atoms with Crippen molar-refractivity contribution in [3.8, 4) is 0 Å². The molecule has 0 heterocycles. The van der Waals surface area contributed by atoms with E-state index in [0.717, 1.165) is 23.7 Å². The molecule has 0 aliphatic heterocycles. The second-order valence-electron chi connectivity index (χ2n) is 4.19. The molecule has 3 aliphatic rings. The van der Waals surface area contributed by atoms with Crippen LogP contribution < -0.4 is 0 Å². The van der Waals surface area contributed by atoms with Gasteiger partial charge in [0, 0.05) is 0 Å². The third-order valence-corrected chi connectivity index (χ3v) is 3.50. The van der Waals surface area contributed by atoms with E-state index in [2.05, 4.69) is 13.8 Å². The van der Waals surface area contributed by atoms with E-state index in [-0.39, 0.29) is 0 Å². The molecular weight excluding hydrogens is 108 g/mol. The Morgan fingerprint density at radius 3 is 1.78 bits per heavy atom. The lowest BCUT2D eigenvalue weighted by molar-refractivity contribution is -0.00154. The molecule has 2 atom stereocenters. The highest BCUT2D eigenvalue weighted by Crippen LogP contribution is 2.52. The van der Waals surface area contributed by atoms with Gasteiger partial charge in [-0.15, -0.1) is 0 Å². The fourth-order valence-electron chi connectivity index (χ4n) is 2.76. The molecule has 3 aliphatic carbocycles. The Hall–Kier alpha value is 0. The van der Waals surface area contributed by atoms with Crippen LogP contribution in [0, 0.1) is 23.7 Å². The van der Waals surface area contributed by atoms with Gasteiger partial charge in [0.15, 0.2) is 0 Å². The highest BCUT2D eigenvalue weighted by molar-refractivity contribution is 4.92. The maximum absolute atomic E-state index is 2.44. The Labute approximate surface area is 57.6 Å². The Bertz CT molecular complexity index is 105. The lowest BCUT2D eigenvalue weighted by Crippen LogP contribution is -2.41. The Kier molecular flexibility index (Phi) is 1.12. The highest BCUT2D eigenvalue weighted by atomic mass is 14.5. The van der Waals surface area contributed by atoms with Crippen LogP contribution in [-0.2, 0) is 0 Å². The average Bonchev–Trinajstić information content (AvgIpc) is 1.87. The summed E-state index contributed by atoms with van der Waals surface area (Å²) in [7, 11) is 0. The van der Waals surface area contributed by atoms with Gasteiger partial charge in [-0.05, 0) is 42.9 Å². The largest absolute Gasteiger partial charge is 0.0625 e. The number of hydrogen-bond acceptors (Lipinski definition) is 0. The van der Waals surface area contributed by atoms with Crippen molar-refractivity contribution in [3.05, 3.63) is 0 Å². The van der Waals surface area contributed by atoms with Gasteiger partial charge in [-0.1, -0.05) is 13.8 Å². The van der Waals surface area contributed by atoms with Crippen molar-refractivity contribution >= 4 is 0 Å². The maximum Gasteiger partial charge on any atom is -0.0381 e. The van der Waals surface area contributed by atoms with Crippen molar-refractivity contribution in [3.63, 3.8) is 0 Å². The molecule has 0 aromatic carbocycles. The highest BCUT2D eigenvalue weighted by Gasteiger charge is 2.42. The molecule has 0 radical (unpaired) electrons. The van der Waals surface area contributed by atoms with Crippen LogP contribution in [0.2, 0.25) is 0 Å². The van der Waals surface area contributed by atoms with E-state index in [0.29, 0.717) is 0 Å². The zero-order valence-electron chi connectivity index (χ0n) is 6.43. The van der Waals surface area contributed by atoms with E-state index in [1.807, 2.05) is 0 Å². The summed E-state index contributed by atoms with van der Waals surface area (Å²) in [4.78, 5) is 0. The Morgan fingerprint density at radius 1 is 0.889 bits per heavy atom.